The maximum absolute atomic E-state index is 12.4. The van der Waals surface area contributed by atoms with Crippen LogP contribution in [0.5, 0.6) is 5.75 Å². The van der Waals surface area contributed by atoms with Crippen molar-refractivity contribution in [3.05, 3.63) is 47.8 Å². The summed E-state index contributed by atoms with van der Waals surface area (Å²) in [5.74, 6) is 0.295. The molecule has 0 aromatic heterocycles. The van der Waals surface area contributed by atoms with Gasteiger partial charge in [-0.05, 0) is 44.3 Å². The van der Waals surface area contributed by atoms with Crippen LogP contribution in [0.2, 0.25) is 0 Å². The maximum atomic E-state index is 12.4. The Morgan fingerprint density at radius 1 is 1.45 bits per heavy atom. The normalized spacial score (nSPS) is 12.4. The first-order valence-corrected chi connectivity index (χ1v) is 7.39. The fraction of sp³-hybridized carbons (Fsp3) is 0.214. The number of rotatable bonds is 6. The Hall–Kier alpha value is -2.08. The minimum absolute atomic E-state index is 0.0741. The van der Waals surface area contributed by atoms with Gasteiger partial charge >= 0.3 is 0 Å². The second kappa shape index (κ2) is 6.91. The molecule has 0 saturated heterocycles. The monoisotopic (exact) mass is 294 g/mol. The lowest BCUT2D eigenvalue weighted by atomic mass is 10.2. The van der Waals surface area contributed by atoms with Gasteiger partial charge in [-0.15, -0.1) is 0 Å². The summed E-state index contributed by atoms with van der Waals surface area (Å²) in [4.78, 5) is 3.64. The van der Waals surface area contributed by atoms with Crippen LogP contribution in [-0.2, 0) is 10.0 Å². The van der Waals surface area contributed by atoms with Gasteiger partial charge in [0.25, 0.3) is 10.0 Å². The second-order valence-corrected chi connectivity index (χ2v) is 5.68. The molecule has 6 heteroatoms. The molecule has 0 aliphatic heterocycles. The van der Waals surface area contributed by atoms with Gasteiger partial charge in [0.15, 0.2) is 0 Å². The second-order valence-electron chi connectivity index (χ2n) is 4.03. The number of hydrogen-bond donors (Lipinski definition) is 1. The first kappa shape index (κ1) is 16.0. The average Bonchev–Trinajstić information content (AvgIpc) is 2.38. The van der Waals surface area contributed by atoms with Crippen LogP contribution in [-0.4, -0.2) is 22.2 Å². The number of allylic oxidation sites excluding steroid dienone is 2. The third-order valence-corrected chi connectivity index (χ3v) is 3.86. The fourth-order valence-electron chi connectivity index (χ4n) is 1.59. The van der Waals surface area contributed by atoms with Crippen LogP contribution >= 0.6 is 0 Å². The summed E-state index contributed by atoms with van der Waals surface area (Å²) in [6, 6.07) is 4.88. The topological polar surface area (TPSA) is 67.8 Å². The lowest BCUT2D eigenvalue weighted by Crippen LogP contribution is -2.23. The molecule has 108 valence electrons. The van der Waals surface area contributed by atoms with Crippen molar-refractivity contribution in [1.29, 1.82) is 0 Å². The molecular formula is C14H18N2O3S. The van der Waals surface area contributed by atoms with Crippen LogP contribution < -0.4 is 9.46 Å². The number of nitrogens with zero attached hydrogens (tertiary/aromatic N) is 1. The maximum Gasteiger partial charge on any atom is 0.265 e. The number of nitrogens with one attached hydrogen (secondary N) is 1. The summed E-state index contributed by atoms with van der Waals surface area (Å²) in [5.41, 5.74) is 1.24. The van der Waals surface area contributed by atoms with E-state index in [-0.39, 0.29) is 4.90 Å². The van der Waals surface area contributed by atoms with Crippen LogP contribution in [0.4, 0.5) is 0 Å². The van der Waals surface area contributed by atoms with Crippen molar-refractivity contribution >= 4 is 16.7 Å². The van der Waals surface area contributed by atoms with E-state index in [4.69, 9.17) is 4.74 Å². The Morgan fingerprint density at radius 2 is 2.15 bits per heavy atom. The highest BCUT2D eigenvalue weighted by atomic mass is 32.2. The van der Waals surface area contributed by atoms with E-state index in [1.54, 1.807) is 31.2 Å². The molecular weight excluding hydrogens is 276 g/mol. The molecule has 0 radical (unpaired) electrons. The number of aliphatic imine (C=N–C) groups is 1. The third kappa shape index (κ3) is 3.96. The number of hydrogen-bond acceptors (Lipinski definition) is 4. The first-order chi connectivity index (χ1) is 9.44. The van der Waals surface area contributed by atoms with E-state index in [1.165, 1.54) is 19.4 Å². The van der Waals surface area contributed by atoms with Crippen LogP contribution in [0.25, 0.3) is 0 Å². The molecule has 0 aliphatic rings. The molecule has 0 unspecified atom stereocenters. The van der Waals surface area contributed by atoms with Gasteiger partial charge in [0.05, 0.1) is 19.0 Å². The molecule has 0 spiro atoms. The standard InChI is InChI=1S/C14H18N2O3S/c1-5-6-12(10-15-3)16-20(17,18)14-8-7-11(2)9-13(14)19-4/h5-10,16H,3H2,1-2,4H3/b6-5-,12-10+. The molecule has 0 amide bonds. The minimum Gasteiger partial charge on any atom is -0.495 e. The van der Waals surface area contributed by atoms with E-state index in [9.17, 15) is 8.42 Å². The van der Waals surface area contributed by atoms with Crippen molar-refractivity contribution in [3.8, 4) is 5.75 Å². The number of benzene rings is 1. The molecule has 1 aromatic rings. The van der Waals surface area contributed by atoms with Crippen molar-refractivity contribution in [2.45, 2.75) is 18.7 Å². The summed E-state index contributed by atoms with van der Waals surface area (Å²) in [5, 5.41) is 0. The zero-order valence-corrected chi connectivity index (χ0v) is 12.6. The highest BCUT2D eigenvalue weighted by Gasteiger charge is 2.19. The predicted octanol–water partition coefficient (Wildman–Crippen LogP) is 2.40. The lowest BCUT2D eigenvalue weighted by molar-refractivity contribution is 0.402. The molecule has 0 heterocycles. The van der Waals surface area contributed by atoms with Gasteiger partial charge in [-0.2, -0.15) is 0 Å². The van der Waals surface area contributed by atoms with Gasteiger partial charge in [0.1, 0.15) is 10.6 Å². The molecule has 0 saturated carbocycles. The van der Waals surface area contributed by atoms with E-state index in [0.717, 1.165) is 5.56 Å². The van der Waals surface area contributed by atoms with Gasteiger partial charge in [-0.25, -0.2) is 8.42 Å². The number of aryl methyl sites for hydroxylation is 1. The Morgan fingerprint density at radius 3 is 2.70 bits per heavy atom. The Balaban J connectivity index is 3.23. The van der Waals surface area contributed by atoms with Gasteiger partial charge in [-0.1, -0.05) is 12.1 Å². The van der Waals surface area contributed by atoms with E-state index in [2.05, 4.69) is 16.4 Å². The molecule has 5 nitrogen and oxygen atoms in total. The van der Waals surface area contributed by atoms with E-state index < -0.39 is 10.0 Å². The van der Waals surface area contributed by atoms with Crippen molar-refractivity contribution in [2.75, 3.05) is 7.11 Å². The van der Waals surface area contributed by atoms with Crippen LogP contribution in [0.3, 0.4) is 0 Å². The SMILES string of the molecule is C=N/C=C(\C=C/C)NS(=O)(=O)c1ccc(C)cc1OC. The first-order valence-electron chi connectivity index (χ1n) is 5.90. The summed E-state index contributed by atoms with van der Waals surface area (Å²) in [6.45, 7) is 6.95. The minimum atomic E-state index is -3.75. The van der Waals surface area contributed by atoms with Crippen LogP contribution in [0.15, 0.2) is 52.1 Å². The molecule has 1 rings (SSSR count). The quantitative estimate of drug-likeness (QED) is 0.647. The average molecular weight is 294 g/mol. The van der Waals surface area contributed by atoms with E-state index >= 15 is 0 Å². The van der Waals surface area contributed by atoms with Crippen molar-refractivity contribution in [3.63, 3.8) is 0 Å². The zero-order valence-electron chi connectivity index (χ0n) is 11.8. The van der Waals surface area contributed by atoms with Gasteiger partial charge in [0, 0.05) is 0 Å². The number of methoxy groups -OCH3 is 1. The summed E-state index contributed by atoms with van der Waals surface area (Å²) >= 11 is 0. The van der Waals surface area contributed by atoms with Crippen molar-refractivity contribution in [2.24, 2.45) is 4.99 Å². The largest absolute Gasteiger partial charge is 0.495 e. The summed E-state index contributed by atoms with van der Waals surface area (Å²) in [6.07, 6.45) is 4.62. The molecule has 20 heavy (non-hydrogen) atoms. The summed E-state index contributed by atoms with van der Waals surface area (Å²) in [7, 11) is -2.31. The Bertz CT molecular complexity index is 646. The van der Waals surface area contributed by atoms with Crippen molar-refractivity contribution < 1.29 is 13.2 Å². The van der Waals surface area contributed by atoms with Crippen molar-refractivity contribution in [1.82, 2.24) is 4.72 Å². The number of ether oxygens (including phenoxy) is 1. The molecule has 1 N–H and O–H groups in total. The lowest BCUT2D eigenvalue weighted by Gasteiger charge is -2.12. The molecule has 0 atom stereocenters. The highest BCUT2D eigenvalue weighted by Crippen LogP contribution is 2.25. The van der Waals surface area contributed by atoms with Gasteiger partial charge < -0.3 is 4.74 Å². The Kier molecular flexibility index (Phi) is 5.52. The van der Waals surface area contributed by atoms with Crippen LogP contribution in [0.1, 0.15) is 12.5 Å². The summed E-state index contributed by atoms with van der Waals surface area (Å²) < 4.78 is 32.3. The third-order valence-electron chi connectivity index (χ3n) is 2.44. The van der Waals surface area contributed by atoms with Gasteiger partial charge in [0.2, 0.25) is 0 Å². The van der Waals surface area contributed by atoms with E-state index in [1.807, 2.05) is 6.92 Å². The molecule has 1 aromatic carbocycles. The Labute approximate surface area is 119 Å². The molecule has 0 bridgehead atoms. The smallest absolute Gasteiger partial charge is 0.265 e. The van der Waals surface area contributed by atoms with E-state index in [0.29, 0.717) is 11.4 Å². The molecule has 0 fully saturated rings. The fourth-order valence-corrected chi connectivity index (χ4v) is 2.78. The number of sulfonamides is 1. The highest BCUT2D eigenvalue weighted by molar-refractivity contribution is 7.89. The zero-order chi connectivity index (χ0) is 15.2. The van der Waals surface area contributed by atoms with Gasteiger partial charge in [-0.3, -0.25) is 9.71 Å². The van der Waals surface area contributed by atoms with Crippen LogP contribution in [0, 0.1) is 6.92 Å². The molecule has 0 aliphatic carbocycles. The predicted molar refractivity (Wildman–Crippen MR) is 80.5 cm³/mol.